The van der Waals surface area contributed by atoms with Crippen LogP contribution in [0, 0.1) is 0 Å². The smallest absolute Gasteiger partial charge is 0.302 e. The summed E-state index contributed by atoms with van der Waals surface area (Å²) < 4.78 is 4.85. The molecule has 0 aromatic heterocycles. The van der Waals surface area contributed by atoms with Crippen LogP contribution >= 0.6 is 0 Å². The molecule has 0 amide bonds. The number of rotatable bonds is 3. The Morgan fingerprint density at radius 3 is 2.33 bits per heavy atom. The van der Waals surface area contributed by atoms with E-state index in [1.165, 1.54) is 6.92 Å². The summed E-state index contributed by atoms with van der Waals surface area (Å²) >= 11 is 0. The second-order valence-corrected chi connectivity index (χ2v) is 4.10. The maximum Gasteiger partial charge on any atom is 0.302 e. The van der Waals surface area contributed by atoms with Crippen molar-refractivity contribution in [3.8, 4) is 0 Å². The lowest BCUT2D eigenvalue weighted by molar-refractivity contribution is -0.141. The van der Waals surface area contributed by atoms with Gasteiger partial charge in [0.2, 0.25) is 0 Å². The molecule has 0 radical (unpaired) electrons. The molecule has 12 heavy (non-hydrogen) atoms. The van der Waals surface area contributed by atoms with Crippen LogP contribution in [-0.2, 0) is 9.53 Å². The van der Waals surface area contributed by atoms with Crippen molar-refractivity contribution in [2.45, 2.75) is 46.2 Å². The molecule has 0 aliphatic carbocycles. The molecule has 0 aromatic rings. The van der Waals surface area contributed by atoms with Crippen molar-refractivity contribution in [1.29, 1.82) is 0 Å². The van der Waals surface area contributed by atoms with E-state index in [1.54, 1.807) is 0 Å². The molecular formula is C9H19NO2. The van der Waals surface area contributed by atoms with Crippen molar-refractivity contribution in [2.75, 3.05) is 6.61 Å². The first-order valence-electron chi connectivity index (χ1n) is 4.22. The first-order valence-corrected chi connectivity index (χ1v) is 4.22. The Morgan fingerprint density at radius 1 is 1.50 bits per heavy atom. The summed E-state index contributed by atoms with van der Waals surface area (Å²) in [4.78, 5) is 10.5. The van der Waals surface area contributed by atoms with Crippen LogP contribution < -0.4 is 5.32 Å². The Bertz CT molecular complexity index is 149. The van der Waals surface area contributed by atoms with Gasteiger partial charge in [-0.2, -0.15) is 0 Å². The van der Waals surface area contributed by atoms with Crippen LogP contribution in [0.3, 0.4) is 0 Å². The van der Waals surface area contributed by atoms with Gasteiger partial charge in [-0.15, -0.1) is 0 Å². The predicted octanol–water partition coefficient (Wildman–Crippen LogP) is 1.33. The number of carbonyl (C=O) groups is 1. The van der Waals surface area contributed by atoms with E-state index >= 15 is 0 Å². The van der Waals surface area contributed by atoms with Gasteiger partial charge in [0.1, 0.15) is 6.61 Å². The van der Waals surface area contributed by atoms with Gasteiger partial charge < -0.3 is 10.1 Å². The fourth-order valence-electron chi connectivity index (χ4n) is 1.02. The zero-order chi connectivity index (χ0) is 9.78. The van der Waals surface area contributed by atoms with E-state index in [1.807, 2.05) is 6.92 Å². The molecule has 0 rings (SSSR count). The molecule has 0 unspecified atom stereocenters. The molecule has 0 fully saturated rings. The molecule has 0 aromatic carbocycles. The molecule has 1 N–H and O–H groups in total. The molecule has 0 heterocycles. The summed E-state index contributed by atoms with van der Waals surface area (Å²) in [5, 5.41) is 3.30. The zero-order valence-electron chi connectivity index (χ0n) is 8.60. The third-order valence-corrected chi connectivity index (χ3v) is 1.22. The lowest BCUT2D eigenvalue weighted by Crippen LogP contribution is -2.44. The van der Waals surface area contributed by atoms with Crippen molar-refractivity contribution in [1.82, 2.24) is 5.32 Å². The molecule has 0 spiro atoms. The number of nitrogens with one attached hydrogen (secondary N) is 1. The van der Waals surface area contributed by atoms with Gasteiger partial charge in [0.15, 0.2) is 0 Å². The molecule has 3 heteroatoms. The average molecular weight is 173 g/mol. The maximum atomic E-state index is 10.5. The number of hydrogen-bond acceptors (Lipinski definition) is 3. The normalized spacial score (nSPS) is 14.1. The van der Waals surface area contributed by atoms with Gasteiger partial charge in [0, 0.05) is 18.5 Å². The SMILES string of the molecule is CC(=O)OC[C@@H](C)NC(C)(C)C. The summed E-state index contributed by atoms with van der Waals surface area (Å²) in [6.45, 7) is 10.1. The number of ether oxygens (including phenoxy) is 1. The predicted molar refractivity (Wildman–Crippen MR) is 49.0 cm³/mol. The Kier molecular flexibility index (Phi) is 4.24. The van der Waals surface area contributed by atoms with Crippen LogP contribution in [0.5, 0.6) is 0 Å². The van der Waals surface area contributed by atoms with Crippen LogP contribution in [0.4, 0.5) is 0 Å². The molecule has 0 aliphatic heterocycles. The monoisotopic (exact) mass is 173 g/mol. The van der Waals surface area contributed by atoms with Crippen molar-refractivity contribution in [3.63, 3.8) is 0 Å². The van der Waals surface area contributed by atoms with Crippen LogP contribution in [0.25, 0.3) is 0 Å². The number of hydrogen-bond donors (Lipinski definition) is 1. The largest absolute Gasteiger partial charge is 0.464 e. The second kappa shape index (κ2) is 4.45. The standard InChI is InChI=1S/C9H19NO2/c1-7(6-12-8(2)11)10-9(3,4)5/h7,10H,6H2,1-5H3/t7-/m1/s1. The van der Waals surface area contributed by atoms with Gasteiger partial charge >= 0.3 is 5.97 Å². The zero-order valence-corrected chi connectivity index (χ0v) is 8.60. The molecule has 3 nitrogen and oxygen atoms in total. The molecule has 0 aliphatic rings. The summed E-state index contributed by atoms with van der Waals surface area (Å²) in [7, 11) is 0. The topological polar surface area (TPSA) is 38.3 Å². The molecule has 72 valence electrons. The highest BCUT2D eigenvalue weighted by molar-refractivity contribution is 5.65. The van der Waals surface area contributed by atoms with E-state index in [-0.39, 0.29) is 17.6 Å². The van der Waals surface area contributed by atoms with Crippen LogP contribution in [0.2, 0.25) is 0 Å². The fraction of sp³-hybridized carbons (Fsp3) is 0.889. The summed E-state index contributed by atoms with van der Waals surface area (Å²) in [5.41, 5.74) is 0.0690. The van der Waals surface area contributed by atoms with Crippen molar-refractivity contribution < 1.29 is 9.53 Å². The van der Waals surface area contributed by atoms with Gasteiger partial charge in [0.05, 0.1) is 0 Å². The minimum absolute atomic E-state index is 0.0690. The highest BCUT2D eigenvalue weighted by Gasteiger charge is 2.13. The van der Waals surface area contributed by atoms with Gasteiger partial charge in [-0.05, 0) is 27.7 Å². The fourth-order valence-corrected chi connectivity index (χ4v) is 1.02. The van der Waals surface area contributed by atoms with Crippen LogP contribution in [-0.4, -0.2) is 24.2 Å². The van der Waals surface area contributed by atoms with E-state index in [0.717, 1.165) is 0 Å². The first-order chi connectivity index (χ1) is 5.31. The van der Waals surface area contributed by atoms with E-state index in [0.29, 0.717) is 6.61 Å². The summed E-state index contributed by atoms with van der Waals surface area (Å²) in [6.07, 6.45) is 0. The van der Waals surface area contributed by atoms with Crippen molar-refractivity contribution in [3.05, 3.63) is 0 Å². The molecule has 1 atom stereocenters. The average Bonchev–Trinajstić information content (AvgIpc) is 1.79. The van der Waals surface area contributed by atoms with E-state index in [2.05, 4.69) is 26.1 Å². The Morgan fingerprint density at radius 2 is 2.00 bits per heavy atom. The second-order valence-electron chi connectivity index (χ2n) is 4.10. The number of carbonyl (C=O) groups excluding carboxylic acids is 1. The third-order valence-electron chi connectivity index (χ3n) is 1.22. The van der Waals surface area contributed by atoms with Gasteiger partial charge in [-0.1, -0.05) is 0 Å². The minimum atomic E-state index is -0.224. The summed E-state index contributed by atoms with van der Waals surface area (Å²) in [5.74, 6) is -0.224. The van der Waals surface area contributed by atoms with E-state index < -0.39 is 0 Å². The van der Waals surface area contributed by atoms with Crippen molar-refractivity contribution in [2.24, 2.45) is 0 Å². The van der Waals surface area contributed by atoms with Crippen LogP contribution in [0.15, 0.2) is 0 Å². The molecule has 0 saturated heterocycles. The number of esters is 1. The molecule has 0 bridgehead atoms. The van der Waals surface area contributed by atoms with Crippen LogP contribution in [0.1, 0.15) is 34.6 Å². The Hall–Kier alpha value is -0.570. The first kappa shape index (κ1) is 11.4. The molecular weight excluding hydrogens is 154 g/mol. The quantitative estimate of drug-likeness (QED) is 0.654. The summed E-state index contributed by atoms with van der Waals surface area (Å²) in [6, 6.07) is 0.203. The molecule has 0 saturated carbocycles. The minimum Gasteiger partial charge on any atom is -0.464 e. The Labute approximate surface area is 74.5 Å². The third kappa shape index (κ3) is 7.54. The van der Waals surface area contributed by atoms with E-state index in [4.69, 9.17) is 4.74 Å². The highest BCUT2D eigenvalue weighted by atomic mass is 16.5. The highest BCUT2D eigenvalue weighted by Crippen LogP contribution is 2.01. The lowest BCUT2D eigenvalue weighted by Gasteiger charge is -2.25. The Balaban J connectivity index is 3.60. The van der Waals surface area contributed by atoms with Gasteiger partial charge in [-0.3, -0.25) is 4.79 Å². The van der Waals surface area contributed by atoms with Crippen molar-refractivity contribution >= 4 is 5.97 Å². The van der Waals surface area contributed by atoms with Gasteiger partial charge in [0.25, 0.3) is 0 Å². The maximum absolute atomic E-state index is 10.5. The van der Waals surface area contributed by atoms with Gasteiger partial charge in [-0.25, -0.2) is 0 Å². The van der Waals surface area contributed by atoms with E-state index in [9.17, 15) is 4.79 Å². The lowest BCUT2D eigenvalue weighted by atomic mass is 10.1.